The Kier molecular flexibility index (Phi) is 15.3. The van der Waals surface area contributed by atoms with Crippen LogP contribution in [0.15, 0.2) is 146 Å². The number of ketones is 2. The molecule has 27 rings (SSSR count). The van der Waals surface area contributed by atoms with Crippen molar-refractivity contribution in [1.29, 1.82) is 0 Å². The maximum Gasteiger partial charge on any atom is 0.309 e. The lowest BCUT2D eigenvalue weighted by atomic mass is 9.50. The topological polar surface area (TPSA) is 60.4 Å². The molecule has 0 radical (unpaired) electrons. The Morgan fingerprint density at radius 2 is 0.551 bits per heavy atom. The summed E-state index contributed by atoms with van der Waals surface area (Å²) in [6, 6.07) is 0. The predicted octanol–water partition coefficient (Wildman–Crippen LogP) is 20.1. The standard InChI is InChI=1S/C20H30.C16H16O2.C16H20O2.C15H18.C14H16.C12H14.CH4/c1(3-5-17-11-15-7-9-19(17)13-15)2-4-6-18-12-16-8-10-20(18)14-16;17-15-11-7-1-2-8(5-7)12(11)16(18)14-10-4-3-9(6-10)13(14)15;17-16(15-8-11-2-4-13(15)6-11)18-9-14-7-10-1-3-12(14)5-10;1-3-10-5-8(1)12-7-13-9-2-4-11(6-9)15(13)14(10)12;1-2-8-5-7(1)11-12(8)14-10-4-3-9(6-10)13(11)14;1-2-8-5-7(1)11-9-3-4-10(6-9)12(8)11;/h7-10,15-20H,1-6,11-14H2;1-4,7-14H,5-6H2;1-4,10-15H,5-9H2;1-4,8-15H,5-7H2;1-4,7-14H,5-6H2;1-4,7-12H,5-6H2;1H4. The Labute approximate surface area is 589 Å². The van der Waals surface area contributed by atoms with Crippen LogP contribution in [0.1, 0.15) is 155 Å². The number of unbranched alkanes of at least 4 members (excludes halogenated alkanes) is 3. The molecule has 0 amide bonds. The van der Waals surface area contributed by atoms with E-state index in [2.05, 4.69) is 146 Å². The fraction of sp³-hybridized carbons (Fsp3) is 0.713. The third-order valence-corrected chi connectivity index (χ3v) is 35.5. The minimum Gasteiger partial charge on any atom is -0.465 e. The Morgan fingerprint density at radius 1 is 0.265 bits per heavy atom. The van der Waals surface area contributed by atoms with Gasteiger partial charge in [-0.2, -0.15) is 0 Å². The summed E-state index contributed by atoms with van der Waals surface area (Å²) < 4.78 is 5.61. The molecule has 0 spiro atoms. The van der Waals surface area contributed by atoms with E-state index in [0.29, 0.717) is 65.5 Å². The zero-order valence-electron chi connectivity index (χ0n) is 58.2. The van der Waals surface area contributed by atoms with E-state index in [1.165, 1.54) is 122 Å². The summed E-state index contributed by atoms with van der Waals surface area (Å²) in [6.45, 7) is 0.655. The van der Waals surface area contributed by atoms with Crippen molar-refractivity contribution in [3.05, 3.63) is 146 Å². The minimum atomic E-state index is 0. The molecule has 32 atom stereocenters. The molecule has 27 aliphatic carbocycles. The lowest BCUT2D eigenvalue weighted by molar-refractivity contribution is -0.151. The van der Waals surface area contributed by atoms with Gasteiger partial charge in [0.2, 0.25) is 0 Å². The molecule has 4 heteroatoms. The van der Waals surface area contributed by atoms with Crippen molar-refractivity contribution in [2.24, 2.45) is 249 Å². The zero-order valence-corrected chi connectivity index (χ0v) is 58.2. The zero-order chi connectivity index (χ0) is 63.6. The van der Waals surface area contributed by atoms with Gasteiger partial charge in [0.25, 0.3) is 0 Å². The molecule has 0 aromatic rings. The van der Waals surface area contributed by atoms with E-state index in [1.807, 2.05) is 0 Å². The molecule has 32 unspecified atom stereocenters. The van der Waals surface area contributed by atoms with Crippen LogP contribution in [0.5, 0.6) is 0 Å². The average molecular weight is 1310 g/mol. The molecule has 27 aliphatic rings. The van der Waals surface area contributed by atoms with E-state index in [0.717, 1.165) is 191 Å². The van der Waals surface area contributed by atoms with Crippen LogP contribution in [0.25, 0.3) is 0 Å². The summed E-state index contributed by atoms with van der Waals surface area (Å²) in [6.07, 6.45) is 90.7. The van der Waals surface area contributed by atoms with Crippen LogP contribution in [0.2, 0.25) is 0 Å². The molecule has 98 heavy (non-hydrogen) atoms. The number of ether oxygens (including phenoxy) is 1. The van der Waals surface area contributed by atoms with Crippen molar-refractivity contribution in [3.8, 4) is 0 Å². The monoisotopic (exact) mass is 1310 g/mol. The highest BCUT2D eigenvalue weighted by molar-refractivity contribution is 6.02. The van der Waals surface area contributed by atoms with Crippen molar-refractivity contribution in [2.75, 3.05) is 6.61 Å². The number of fused-ring (bicyclic) bond motifs is 50. The highest BCUT2D eigenvalue weighted by atomic mass is 16.5. The van der Waals surface area contributed by atoms with Crippen molar-refractivity contribution >= 4 is 17.5 Å². The van der Waals surface area contributed by atoms with Crippen LogP contribution in [-0.2, 0) is 19.1 Å². The molecule has 24 bridgehead atoms. The van der Waals surface area contributed by atoms with Gasteiger partial charge >= 0.3 is 5.97 Å². The molecular weight excluding hydrogens is 1190 g/mol. The van der Waals surface area contributed by atoms with Gasteiger partial charge in [-0.25, -0.2) is 0 Å². The number of allylic oxidation sites excluding steroid dienone is 24. The first-order chi connectivity index (χ1) is 47.7. The number of carbonyl (C=O) groups excluding carboxylic acids is 3. The lowest BCUT2D eigenvalue weighted by Crippen LogP contribution is -2.50. The van der Waals surface area contributed by atoms with Crippen molar-refractivity contribution in [2.45, 2.75) is 155 Å². The number of esters is 1. The van der Waals surface area contributed by atoms with E-state index >= 15 is 0 Å². The van der Waals surface area contributed by atoms with Crippen molar-refractivity contribution < 1.29 is 19.1 Å². The van der Waals surface area contributed by atoms with Gasteiger partial charge in [-0.1, -0.05) is 179 Å². The van der Waals surface area contributed by atoms with E-state index < -0.39 is 0 Å². The second-order valence-corrected chi connectivity index (χ2v) is 39.3. The first-order valence-corrected chi connectivity index (χ1v) is 42.2. The third kappa shape index (κ3) is 9.78. The van der Waals surface area contributed by atoms with E-state index in [4.69, 9.17) is 4.74 Å². The maximum atomic E-state index is 12.8. The summed E-state index contributed by atoms with van der Waals surface area (Å²) in [5.74, 6) is 34.8. The van der Waals surface area contributed by atoms with E-state index in [-0.39, 0.29) is 43.0 Å². The fourth-order valence-corrected chi connectivity index (χ4v) is 32.0. The highest BCUT2D eigenvalue weighted by Gasteiger charge is 2.69. The summed E-state index contributed by atoms with van der Waals surface area (Å²) in [4.78, 5) is 37.7. The second kappa shape index (κ2) is 24.1. The molecule has 0 N–H and O–H groups in total. The van der Waals surface area contributed by atoms with Crippen molar-refractivity contribution in [1.82, 2.24) is 0 Å². The summed E-state index contributed by atoms with van der Waals surface area (Å²) in [5.41, 5.74) is 0. The third-order valence-electron chi connectivity index (χ3n) is 35.5. The Bertz CT molecular complexity index is 3260. The van der Waals surface area contributed by atoms with Crippen LogP contribution in [-0.4, -0.2) is 24.1 Å². The number of hydrogen-bond acceptors (Lipinski definition) is 4. The SMILES string of the molecule is C.C1=CC2CC1C1C2C2C3C=CC(C3)C12.C1=CC2CC1C1C3C=CC(C3)C21.C1=CC2CC1C1CC3C4C=CC(C4)C3C21.C1=CC2CC1CC2CCCCCCC1CC2C=CC1C2.O=C(OCC1CC2C=CC1C2)C1CC2C=CC1C2.O=C1C2C3C=CC(C3)C2C(=O)C2C3C=CC(C3)C12. The maximum absolute atomic E-state index is 12.8. The molecular formula is C94H118O4. The van der Waals surface area contributed by atoms with E-state index in [1.54, 1.807) is 6.42 Å². The Morgan fingerprint density at radius 3 is 0.888 bits per heavy atom. The fourth-order valence-electron chi connectivity index (χ4n) is 32.0. The molecule has 0 aliphatic heterocycles. The van der Waals surface area contributed by atoms with Crippen LogP contribution in [0, 0.1) is 249 Å². The van der Waals surface area contributed by atoms with Crippen LogP contribution >= 0.6 is 0 Å². The van der Waals surface area contributed by atoms with Gasteiger partial charge in [0, 0.05) is 23.7 Å². The Balaban J connectivity index is 0.0000000778. The van der Waals surface area contributed by atoms with Gasteiger partial charge in [0.15, 0.2) is 0 Å². The van der Waals surface area contributed by atoms with Gasteiger partial charge in [-0.15, -0.1) is 0 Å². The van der Waals surface area contributed by atoms with Gasteiger partial charge in [-0.05, 0) is 341 Å². The summed E-state index contributed by atoms with van der Waals surface area (Å²) >= 11 is 0. The second-order valence-electron chi connectivity index (χ2n) is 39.3. The number of Topliss-reactive ketones (excluding diaryl/α,β-unsaturated/α-hetero) is 2. The first-order valence-electron chi connectivity index (χ1n) is 42.2. The summed E-state index contributed by atoms with van der Waals surface area (Å²) in [5, 5.41) is 0. The van der Waals surface area contributed by atoms with E-state index in [9.17, 15) is 14.4 Å². The van der Waals surface area contributed by atoms with Gasteiger partial charge < -0.3 is 4.74 Å². The average Bonchev–Trinajstić information content (AvgIpc) is 1.52. The number of carbonyl (C=O) groups is 3. The van der Waals surface area contributed by atoms with Crippen molar-refractivity contribution in [3.63, 3.8) is 0 Å². The minimum absolute atomic E-state index is 0. The normalized spacial score (nSPS) is 56.3. The predicted molar refractivity (Wildman–Crippen MR) is 390 cm³/mol. The highest BCUT2D eigenvalue weighted by Crippen LogP contribution is 2.74. The number of hydrogen-bond donors (Lipinski definition) is 0. The van der Waals surface area contributed by atoms with Gasteiger partial charge in [0.1, 0.15) is 11.6 Å². The van der Waals surface area contributed by atoms with Gasteiger partial charge in [-0.3, -0.25) is 14.4 Å². The molecule has 15 fully saturated rings. The summed E-state index contributed by atoms with van der Waals surface area (Å²) in [7, 11) is 0. The molecule has 0 aromatic carbocycles. The largest absolute Gasteiger partial charge is 0.465 e. The molecule has 4 nitrogen and oxygen atoms in total. The van der Waals surface area contributed by atoms with Crippen LogP contribution < -0.4 is 0 Å². The molecule has 518 valence electrons. The molecule has 0 heterocycles. The number of rotatable bonds is 10. The lowest BCUT2D eigenvalue weighted by Gasteiger charge is -2.54. The molecule has 0 aromatic heterocycles. The molecule has 0 saturated heterocycles. The van der Waals surface area contributed by atoms with Crippen LogP contribution in [0.4, 0.5) is 0 Å². The first kappa shape index (κ1) is 62.3. The molecule has 15 saturated carbocycles. The van der Waals surface area contributed by atoms with Crippen LogP contribution in [0.3, 0.4) is 0 Å². The quantitative estimate of drug-likeness (QED) is 0.0946. The Hall–Kier alpha value is -4.31. The van der Waals surface area contributed by atoms with Gasteiger partial charge in [0.05, 0.1) is 12.5 Å². The smallest absolute Gasteiger partial charge is 0.309 e.